The molecule has 1 aromatic heterocycles. The third-order valence-corrected chi connectivity index (χ3v) is 5.14. The fourth-order valence-corrected chi connectivity index (χ4v) is 3.94. The van der Waals surface area contributed by atoms with Crippen LogP contribution in [0.4, 0.5) is 0 Å². The maximum Gasteiger partial charge on any atom is 0.161 e. The quantitative estimate of drug-likeness (QED) is 0.642. The van der Waals surface area contributed by atoms with Gasteiger partial charge in [0.15, 0.2) is 11.5 Å². The minimum absolute atomic E-state index is 0.541. The number of benzene rings is 2. The molecule has 0 spiro atoms. The van der Waals surface area contributed by atoms with Crippen LogP contribution in [-0.4, -0.2) is 23.8 Å². The van der Waals surface area contributed by atoms with Crippen LogP contribution in [-0.2, 0) is 19.4 Å². The van der Waals surface area contributed by atoms with Crippen LogP contribution in [0.5, 0.6) is 11.5 Å². The second-order valence-electron chi connectivity index (χ2n) is 7.46. The number of methoxy groups -OCH3 is 2. The molecule has 0 atom stereocenters. The van der Waals surface area contributed by atoms with Crippen molar-refractivity contribution in [1.29, 1.82) is 0 Å². The Kier molecular flexibility index (Phi) is 4.65. The van der Waals surface area contributed by atoms with Crippen molar-refractivity contribution < 1.29 is 9.47 Å². The van der Waals surface area contributed by atoms with Crippen LogP contribution < -0.4 is 9.47 Å². The van der Waals surface area contributed by atoms with Crippen LogP contribution in [0.2, 0.25) is 0 Å². The normalized spacial score (nSPS) is 12.6. The van der Waals surface area contributed by atoms with E-state index < -0.39 is 0 Å². The number of imidazole rings is 1. The molecule has 0 radical (unpaired) electrons. The van der Waals surface area contributed by atoms with Gasteiger partial charge in [-0.2, -0.15) is 0 Å². The lowest BCUT2D eigenvalue weighted by atomic mass is 9.94. The molecule has 0 fully saturated rings. The Morgan fingerprint density at radius 3 is 2.41 bits per heavy atom. The molecule has 2 heterocycles. The van der Waals surface area contributed by atoms with E-state index in [1.165, 1.54) is 16.8 Å². The summed E-state index contributed by atoms with van der Waals surface area (Å²) in [6, 6.07) is 14.7. The van der Waals surface area contributed by atoms with Gasteiger partial charge in [0.25, 0.3) is 0 Å². The summed E-state index contributed by atoms with van der Waals surface area (Å²) in [6.07, 6.45) is 1.91. The Balaban J connectivity index is 1.94. The van der Waals surface area contributed by atoms with Crippen molar-refractivity contribution in [3.63, 3.8) is 0 Å². The van der Waals surface area contributed by atoms with Gasteiger partial charge in [0.05, 0.1) is 25.6 Å². The highest BCUT2D eigenvalue weighted by atomic mass is 16.5. The molecule has 27 heavy (non-hydrogen) atoms. The molecule has 0 amide bonds. The van der Waals surface area contributed by atoms with Crippen molar-refractivity contribution >= 4 is 0 Å². The number of ether oxygens (including phenoxy) is 2. The van der Waals surface area contributed by atoms with Gasteiger partial charge in [-0.05, 0) is 36.5 Å². The van der Waals surface area contributed by atoms with E-state index in [-0.39, 0.29) is 0 Å². The highest BCUT2D eigenvalue weighted by molar-refractivity contribution is 5.75. The summed E-state index contributed by atoms with van der Waals surface area (Å²) in [4.78, 5) is 5.09. The van der Waals surface area contributed by atoms with Crippen molar-refractivity contribution in [2.75, 3.05) is 14.2 Å². The molecule has 1 aliphatic rings. The van der Waals surface area contributed by atoms with E-state index in [2.05, 4.69) is 54.8 Å². The van der Waals surface area contributed by atoms with Gasteiger partial charge in [-0.15, -0.1) is 0 Å². The van der Waals surface area contributed by atoms with E-state index in [4.69, 9.17) is 14.5 Å². The fraction of sp³-hybridized carbons (Fsp3) is 0.348. The number of fused-ring (bicyclic) bond motifs is 3. The molecule has 0 saturated heterocycles. The molecule has 140 valence electrons. The number of nitrogens with zero attached hydrogens (tertiary/aromatic N) is 2. The third-order valence-electron chi connectivity index (χ3n) is 5.14. The van der Waals surface area contributed by atoms with Crippen molar-refractivity contribution in [3.05, 3.63) is 53.7 Å². The van der Waals surface area contributed by atoms with Crippen LogP contribution >= 0.6 is 0 Å². The smallest absolute Gasteiger partial charge is 0.161 e. The molecule has 0 N–H and O–H groups in total. The van der Waals surface area contributed by atoms with Gasteiger partial charge in [-0.25, -0.2) is 4.98 Å². The molecule has 0 bridgehead atoms. The Hall–Kier alpha value is -2.75. The zero-order valence-corrected chi connectivity index (χ0v) is 16.5. The van der Waals surface area contributed by atoms with E-state index in [1.54, 1.807) is 14.2 Å². The maximum atomic E-state index is 5.58. The lowest BCUT2D eigenvalue weighted by Crippen LogP contribution is -2.13. The Labute approximate surface area is 160 Å². The standard InChI is InChI=1S/C23H26N2O2/c1-15(2)12-19-22-18-14-21(27-4)20(26-3)13-17(18)10-11-25(22)23(24-19)16-8-6-5-7-9-16/h5-9,13-15H,10-12H2,1-4H3. The lowest BCUT2D eigenvalue weighted by molar-refractivity contribution is 0.354. The molecule has 3 aromatic rings. The molecular formula is C23H26N2O2. The lowest BCUT2D eigenvalue weighted by Gasteiger charge is -2.23. The van der Waals surface area contributed by atoms with Crippen LogP contribution in [0.25, 0.3) is 22.6 Å². The maximum absolute atomic E-state index is 5.58. The number of hydrogen-bond donors (Lipinski definition) is 0. The van der Waals surface area contributed by atoms with Gasteiger partial charge in [0.2, 0.25) is 0 Å². The summed E-state index contributed by atoms with van der Waals surface area (Å²) in [5.74, 6) is 3.15. The zero-order chi connectivity index (χ0) is 19.0. The average Bonchev–Trinajstić information content (AvgIpc) is 3.05. The number of rotatable bonds is 5. The number of hydrogen-bond acceptors (Lipinski definition) is 3. The molecule has 2 aromatic carbocycles. The van der Waals surface area contributed by atoms with Gasteiger partial charge >= 0.3 is 0 Å². The molecule has 4 heteroatoms. The van der Waals surface area contributed by atoms with Crippen LogP contribution in [0.1, 0.15) is 25.1 Å². The van der Waals surface area contributed by atoms with Gasteiger partial charge in [-0.1, -0.05) is 44.2 Å². The monoisotopic (exact) mass is 362 g/mol. The molecule has 0 unspecified atom stereocenters. The third kappa shape index (κ3) is 3.09. The first kappa shape index (κ1) is 17.7. The molecule has 0 saturated carbocycles. The summed E-state index contributed by atoms with van der Waals surface area (Å²) in [7, 11) is 3.38. The first-order chi connectivity index (χ1) is 13.1. The zero-order valence-electron chi connectivity index (χ0n) is 16.5. The Bertz CT molecular complexity index is 958. The SMILES string of the molecule is COc1cc2c(cc1OC)-c1c(CC(C)C)nc(-c3ccccc3)n1CC2. The fourth-order valence-electron chi connectivity index (χ4n) is 3.94. The minimum atomic E-state index is 0.541. The highest BCUT2D eigenvalue weighted by Crippen LogP contribution is 2.42. The van der Waals surface area contributed by atoms with Crippen molar-refractivity contribution in [3.8, 4) is 34.1 Å². The van der Waals surface area contributed by atoms with Crippen molar-refractivity contribution in [2.24, 2.45) is 5.92 Å². The Morgan fingerprint density at radius 1 is 1.04 bits per heavy atom. The molecule has 0 aliphatic carbocycles. The topological polar surface area (TPSA) is 36.3 Å². The van der Waals surface area contributed by atoms with Crippen LogP contribution in [0.15, 0.2) is 42.5 Å². The van der Waals surface area contributed by atoms with Crippen molar-refractivity contribution in [2.45, 2.75) is 33.2 Å². The molecule has 4 nitrogen and oxygen atoms in total. The highest BCUT2D eigenvalue weighted by Gasteiger charge is 2.27. The summed E-state index contributed by atoms with van der Waals surface area (Å²) < 4.78 is 13.5. The molecular weight excluding hydrogens is 336 g/mol. The van der Waals surface area contributed by atoms with E-state index in [1.807, 2.05) is 6.07 Å². The predicted octanol–water partition coefficient (Wildman–Crippen LogP) is 4.99. The van der Waals surface area contributed by atoms with Crippen LogP contribution in [0, 0.1) is 5.92 Å². The average molecular weight is 362 g/mol. The minimum Gasteiger partial charge on any atom is -0.493 e. The van der Waals surface area contributed by atoms with E-state index in [9.17, 15) is 0 Å². The van der Waals surface area contributed by atoms with Crippen molar-refractivity contribution in [1.82, 2.24) is 9.55 Å². The van der Waals surface area contributed by atoms with E-state index in [0.29, 0.717) is 5.92 Å². The summed E-state index contributed by atoms with van der Waals surface area (Å²) >= 11 is 0. The summed E-state index contributed by atoms with van der Waals surface area (Å²) in [5, 5.41) is 0. The number of aromatic nitrogens is 2. The summed E-state index contributed by atoms with van der Waals surface area (Å²) in [6.45, 7) is 5.41. The van der Waals surface area contributed by atoms with Gasteiger partial charge in [-0.3, -0.25) is 0 Å². The molecule has 1 aliphatic heterocycles. The van der Waals surface area contributed by atoms with Gasteiger partial charge in [0.1, 0.15) is 5.82 Å². The first-order valence-corrected chi connectivity index (χ1v) is 9.52. The summed E-state index contributed by atoms with van der Waals surface area (Å²) in [5.41, 5.74) is 6.06. The largest absolute Gasteiger partial charge is 0.493 e. The second kappa shape index (κ2) is 7.10. The predicted molar refractivity (Wildman–Crippen MR) is 108 cm³/mol. The van der Waals surface area contributed by atoms with E-state index >= 15 is 0 Å². The Morgan fingerprint density at radius 2 is 1.74 bits per heavy atom. The van der Waals surface area contributed by atoms with E-state index in [0.717, 1.165) is 48.0 Å². The van der Waals surface area contributed by atoms with Crippen LogP contribution in [0.3, 0.4) is 0 Å². The first-order valence-electron chi connectivity index (χ1n) is 9.52. The molecule has 4 rings (SSSR count). The number of aryl methyl sites for hydroxylation is 1. The van der Waals surface area contributed by atoms with Gasteiger partial charge < -0.3 is 14.0 Å². The second-order valence-corrected chi connectivity index (χ2v) is 7.46. The van der Waals surface area contributed by atoms with Gasteiger partial charge in [0, 0.05) is 17.7 Å².